The molecule has 0 saturated carbocycles. The van der Waals surface area contributed by atoms with Crippen molar-refractivity contribution >= 4 is 29.2 Å². The van der Waals surface area contributed by atoms with E-state index in [2.05, 4.69) is 18.6 Å². The highest BCUT2D eigenvalue weighted by atomic mass is 35.5. The number of carbonyl (C=O) groups is 1. The number of hydrogen-bond donors (Lipinski definition) is 0. The predicted molar refractivity (Wildman–Crippen MR) is 156 cm³/mol. The summed E-state index contributed by atoms with van der Waals surface area (Å²) in [6.45, 7) is 19.1. The average Bonchev–Trinajstić information content (AvgIpc) is 3.23. The molecule has 1 aromatic carbocycles. The number of hydrogen-bond acceptors (Lipinski definition) is 6. The maximum Gasteiger partial charge on any atom is 0.437 e. The Kier molecular flexibility index (Phi) is 17.5. The number of halogens is 2. The molecule has 38 heavy (non-hydrogen) atoms. The van der Waals surface area contributed by atoms with E-state index in [4.69, 9.17) is 37.1 Å². The van der Waals surface area contributed by atoms with Crippen molar-refractivity contribution in [1.82, 2.24) is 9.78 Å². The topological polar surface area (TPSA) is 83.6 Å². The second kappa shape index (κ2) is 18.7. The van der Waals surface area contributed by atoms with Crippen LogP contribution in [0.2, 0.25) is 0 Å². The lowest BCUT2D eigenvalue weighted by atomic mass is 10.1. The van der Waals surface area contributed by atoms with E-state index in [1.54, 1.807) is 27.7 Å². The minimum atomic E-state index is -1.04. The van der Waals surface area contributed by atoms with Crippen LogP contribution < -0.4 is 10.5 Å². The Morgan fingerprint density at radius 2 is 1.79 bits per heavy atom. The van der Waals surface area contributed by atoms with Crippen LogP contribution in [0.4, 0.5) is 0 Å². The van der Waals surface area contributed by atoms with E-state index in [0.29, 0.717) is 36.2 Å². The Bertz CT molecular complexity index is 1050. The summed E-state index contributed by atoms with van der Waals surface area (Å²) in [5, 5.41) is 4.69. The van der Waals surface area contributed by atoms with Crippen molar-refractivity contribution in [2.75, 3.05) is 6.61 Å². The molecule has 0 aliphatic rings. The van der Waals surface area contributed by atoms with E-state index >= 15 is 0 Å². The van der Waals surface area contributed by atoms with Gasteiger partial charge in [-0.25, -0.2) is 9.59 Å². The molecule has 0 radical (unpaired) electrons. The molecule has 1 atom stereocenters. The highest BCUT2D eigenvalue weighted by molar-refractivity contribution is 6.36. The van der Waals surface area contributed by atoms with Crippen LogP contribution in [-0.2, 0) is 28.9 Å². The molecule has 1 unspecified atom stereocenters. The third kappa shape index (κ3) is 13.3. The number of carbonyl (C=O) groups excluding carboxylic acids is 1. The molecular weight excluding hydrogens is 527 g/mol. The fourth-order valence-electron chi connectivity index (χ4n) is 2.96. The molecule has 2 rings (SSSR count). The second-order valence-electron chi connectivity index (χ2n) is 8.61. The lowest BCUT2D eigenvalue weighted by molar-refractivity contribution is -0.158. The van der Waals surface area contributed by atoms with Gasteiger partial charge in [0.15, 0.2) is 5.60 Å². The highest BCUT2D eigenvalue weighted by Gasteiger charge is 2.31. The van der Waals surface area contributed by atoms with E-state index in [0.717, 1.165) is 30.4 Å². The predicted octanol–water partition coefficient (Wildman–Crippen LogP) is 7.48. The van der Waals surface area contributed by atoms with E-state index in [1.165, 1.54) is 4.68 Å². The van der Waals surface area contributed by atoms with E-state index in [9.17, 15) is 9.59 Å². The third-order valence-electron chi connectivity index (χ3n) is 5.21. The zero-order valence-electron chi connectivity index (χ0n) is 24.1. The first-order chi connectivity index (χ1) is 17.9. The van der Waals surface area contributed by atoms with Gasteiger partial charge in [-0.1, -0.05) is 62.7 Å². The maximum absolute atomic E-state index is 11.9. The molecule has 9 heteroatoms. The van der Waals surface area contributed by atoms with Gasteiger partial charge >= 0.3 is 11.7 Å². The van der Waals surface area contributed by atoms with Gasteiger partial charge in [-0.2, -0.15) is 4.68 Å². The molecule has 0 aliphatic carbocycles. The molecule has 7 nitrogen and oxygen atoms in total. The first kappa shape index (κ1) is 35.5. The van der Waals surface area contributed by atoms with E-state index < -0.39 is 17.3 Å². The minimum Gasteiger partial charge on any atom is -0.476 e. The van der Waals surface area contributed by atoms with Gasteiger partial charge in [0, 0.05) is 11.5 Å². The quantitative estimate of drug-likeness (QED) is 0.149. The third-order valence-corrected chi connectivity index (χ3v) is 5.92. The summed E-state index contributed by atoms with van der Waals surface area (Å²) in [6, 6.07) is 7.61. The first-order valence-corrected chi connectivity index (χ1v) is 13.9. The first-order valence-electron chi connectivity index (χ1n) is 13.1. The van der Waals surface area contributed by atoms with Crippen LogP contribution in [0.15, 0.2) is 56.7 Å². The molecule has 0 aliphatic heterocycles. The van der Waals surface area contributed by atoms with Crippen LogP contribution >= 0.6 is 23.2 Å². The summed E-state index contributed by atoms with van der Waals surface area (Å²) in [4.78, 5) is 23.9. The lowest BCUT2D eigenvalue weighted by Crippen LogP contribution is -2.39. The van der Waals surface area contributed by atoms with E-state index in [1.807, 2.05) is 51.1 Å². The van der Waals surface area contributed by atoms with E-state index in [-0.39, 0.29) is 5.38 Å². The van der Waals surface area contributed by atoms with Crippen LogP contribution in [-0.4, -0.2) is 33.3 Å². The minimum absolute atomic E-state index is 0.105. The molecule has 2 aromatic rings. The zero-order chi connectivity index (χ0) is 29.3. The van der Waals surface area contributed by atoms with Crippen molar-refractivity contribution in [1.29, 1.82) is 0 Å². The monoisotopic (exact) mass is 570 g/mol. The van der Waals surface area contributed by atoms with Crippen LogP contribution in [0.25, 0.3) is 0 Å². The lowest BCUT2D eigenvalue weighted by Gasteiger charge is -2.24. The largest absolute Gasteiger partial charge is 0.476 e. The number of allylic oxidation sites excluding steroid dienone is 3. The zero-order valence-corrected chi connectivity index (χ0v) is 25.6. The van der Waals surface area contributed by atoms with Gasteiger partial charge in [0.05, 0.1) is 18.5 Å². The van der Waals surface area contributed by atoms with Gasteiger partial charge in [-0.3, -0.25) is 0 Å². The summed E-state index contributed by atoms with van der Waals surface area (Å²) < 4.78 is 17.4. The maximum atomic E-state index is 11.9. The molecule has 214 valence electrons. The summed E-state index contributed by atoms with van der Waals surface area (Å²) in [5.74, 6) is 0.263. The SMILES string of the molecule is C/C=C(\CC)Cn1nc(CCCc2ccc(OC(C)(C)C(=O)OCC)cc2)oc1=O.C=C(Cl)C(C)Cl.CC. The number of ether oxygens (including phenoxy) is 2. The van der Waals surface area contributed by atoms with Crippen molar-refractivity contribution in [3.8, 4) is 5.75 Å². The normalized spacial score (nSPS) is 11.9. The Balaban J connectivity index is 0.00000150. The molecule has 0 amide bonds. The van der Waals surface area contributed by atoms with Crippen molar-refractivity contribution in [3.63, 3.8) is 0 Å². The molecule has 0 N–H and O–H groups in total. The van der Waals surface area contributed by atoms with Crippen molar-refractivity contribution in [2.45, 2.75) is 98.6 Å². The number of benzene rings is 1. The molecule has 1 aromatic heterocycles. The number of rotatable bonds is 12. The molecule has 1 heterocycles. The van der Waals surface area contributed by atoms with Crippen LogP contribution in [0.3, 0.4) is 0 Å². The number of aryl methyl sites for hydroxylation is 2. The van der Waals surface area contributed by atoms with Gasteiger partial charge in [0.1, 0.15) is 5.75 Å². The van der Waals surface area contributed by atoms with Crippen LogP contribution in [0.1, 0.15) is 79.7 Å². The van der Waals surface area contributed by atoms with Gasteiger partial charge in [0.25, 0.3) is 0 Å². The Morgan fingerprint density at radius 1 is 1.21 bits per heavy atom. The summed E-state index contributed by atoms with van der Waals surface area (Å²) in [6.07, 6.45) is 5.09. The number of alkyl halides is 1. The standard InChI is InChI=1S/C23H32N2O5.C4H6Cl2.C2H6/c1-6-17(7-2)16-25-22(27)29-20(24-25)11-9-10-18-12-14-19(15-13-18)30-23(4,5)21(26)28-8-3;1-3(5)4(2)6;1-2/h6,12-15H,7-11,16H2,1-5H3;4H,1H2,2H3;1-2H3/b17-6+;;. The summed E-state index contributed by atoms with van der Waals surface area (Å²) >= 11 is 10.7. The van der Waals surface area contributed by atoms with Gasteiger partial charge < -0.3 is 13.9 Å². The van der Waals surface area contributed by atoms with Crippen LogP contribution in [0.5, 0.6) is 5.75 Å². The molecule has 0 fully saturated rings. The Morgan fingerprint density at radius 3 is 2.26 bits per heavy atom. The van der Waals surface area contributed by atoms with Crippen molar-refractivity contribution in [2.24, 2.45) is 0 Å². The number of aromatic nitrogens is 2. The Labute approximate surface area is 237 Å². The molecule has 0 saturated heterocycles. The van der Waals surface area contributed by atoms with Crippen LogP contribution in [0, 0.1) is 0 Å². The summed E-state index contributed by atoms with van der Waals surface area (Å²) in [7, 11) is 0. The van der Waals surface area contributed by atoms with Crippen molar-refractivity contribution < 1.29 is 18.7 Å². The molecule has 0 bridgehead atoms. The smallest absolute Gasteiger partial charge is 0.437 e. The molecule has 0 spiro atoms. The van der Waals surface area contributed by atoms with Crippen molar-refractivity contribution in [3.05, 3.63) is 69.5 Å². The number of esters is 1. The van der Waals surface area contributed by atoms with Gasteiger partial charge in [-0.15, -0.1) is 16.7 Å². The number of nitrogens with zero attached hydrogens (tertiary/aromatic N) is 2. The fraction of sp³-hybridized carbons (Fsp3) is 0.552. The fourth-order valence-corrected chi connectivity index (χ4v) is 2.96. The van der Waals surface area contributed by atoms with Gasteiger partial charge in [-0.05, 0) is 71.6 Å². The average molecular weight is 572 g/mol. The highest BCUT2D eigenvalue weighted by Crippen LogP contribution is 2.21. The Hall–Kier alpha value is -2.51. The molecular formula is C29H44Cl2N2O5. The van der Waals surface area contributed by atoms with Gasteiger partial charge in [0.2, 0.25) is 5.89 Å². The second-order valence-corrected chi connectivity index (χ2v) is 9.75. The summed E-state index contributed by atoms with van der Waals surface area (Å²) in [5.41, 5.74) is 1.23.